The maximum absolute atomic E-state index is 12.2. The van der Waals surface area contributed by atoms with E-state index in [9.17, 15) is 18.3 Å². The van der Waals surface area contributed by atoms with Gasteiger partial charge in [-0.15, -0.1) is 11.3 Å². The number of carboxylic acids is 1. The van der Waals surface area contributed by atoms with Crippen LogP contribution in [0.3, 0.4) is 0 Å². The van der Waals surface area contributed by atoms with Crippen LogP contribution in [-0.2, 0) is 14.8 Å². The zero-order valence-corrected chi connectivity index (χ0v) is 12.8. The van der Waals surface area contributed by atoms with E-state index in [0.29, 0.717) is 9.90 Å². The van der Waals surface area contributed by atoms with E-state index in [4.69, 9.17) is 11.6 Å². The highest BCUT2D eigenvalue weighted by atomic mass is 35.5. The van der Waals surface area contributed by atoms with Gasteiger partial charge in [0.1, 0.15) is 9.75 Å². The third kappa shape index (κ3) is 2.79. The molecule has 19 heavy (non-hydrogen) atoms. The normalized spacial score (nSPS) is 19.1. The zero-order chi connectivity index (χ0) is 14.4. The predicted octanol–water partition coefficient (Wildman–Crippen LogP) is 2.24. The minimum absolute atomic E-state index is 0.0446. The van der Waals surface area contributed by atoms with E-state index in [0.717, 1.165) is 24.2 Å². The first-order chi connectivity index (χ1) is 8.67. The van der Waals surface area contributed by atoms with Crippen LogP contribution in [0.2, 0.25) is 4.34 Å². The van der Waals surface area contributed by atoms with Crippen LogP contribution in [-0.4, -0.2) is 25.0 Å². The lowest BCUT2D eigenvalue weighted by molar-refractivity contribution is -0.144. The van der Waals surface area contributed by atoms with Gasteiger partial charge in [-0.2, -0.15) is 4.72 Å². The maximum atomic E-state index is 12.2. The van der Waals surface area contributed by atoms with Crippen LogP contribution in [0.15, 0.2) is 10.3 Å². The molecule has 0 saturated heterocycles. The molecule has 1 aliphatic carbocycles. The molecule has 2 N–H and O–H groups in total. The summed E-state index contributed by atoms with van der Waals surface area (Å²) < 4.78 is 27.2. The van der Waals surface area contributed by atoms with Gasteiger partial charge in [0, 0.05) is 0 Å². The lowest BCUT2D eigenvalue weighted by atomic mass is 9.98. The number of aliphatic carboxylic acids is 1. The van der Waals surface area contributed by atoms with Crippen LogP contribution in [0.4, 0.5) is 0 Å². The van der Waals surface area contributed by atoms with Crippen molar-refractivity contribution in [1.29, 1.82) is 0 Å². The van der Waals surface area contributed by atoms with E-state index >= 15 is 0 Å². The average Bonchev–Trinajstić information content (AvgIpc) is 3.06. The number of halogens is 1. The first-order valence-corrected chi connectivity index (χ1v) is 8.38. The molecule has 0 spiro atoms. The first kappa shape index (κ1) is 14.8. The largest absolute Gasteiger partial charge is 0.480 e. The molecule has 1 unspecified atom stereocenters. The Balaban J connectivity index is 2.32. The summed E-state index contributed by atoms with van der Waals surface area (Å²) in [6, 6.07) is 1.45. The van der Waals surface area contributed by atoms with Crippen LogP contribution < -0.4 is 4.72 Å². The Bertz CT molecular complexity index is 601. The second kappa shape index (κ2) is 4.73. The number of rotatable bonds is 5. The zero-order valence-electron chi connectivity index (χ0n) is 10.4. The first-order valence-electron chi connectivity index (χ1n) is 5.70. The summed E-state index contributed by atoms with van der Waals surface area (Å²) in [5.74, 6) is -1.31. The molecular weight excluding hydrogens is 310 g/mol. The molecule has 106 valence electrons. The number of hydrogen-bond donors (Lipinski definition) is 2. The monoisotopic (exact) mass is 323 g/mol. The summed E-state index contributed by atoms with van der Waals surface area (Å²) in [5.41, 5.74) is -0.793. The molecule has 5 nitrogen and oxygen atoms in total. The highest BCUT2D eigenvalue weighted by molar-refractivity contribution is 7.91. The Morgan fingerprint density at radius 1 is 1.58 bits per heavy atom. The molecule has 0 aromatic carbocycles. The van der Waals surface area contributed by atoms with Crippen LogP contribution >= 0.6 is 22.9 Å². The van der Waals surface area contributed by atoms with E-state index in [1.54, 1.807) is 6.92 Å². The summed E-state index contributed by atoms with van der Waals surface area (Å²) >= 11 is 6.78. The van der Waals surface area contributed by atoms with Gasteiger partial charge in [0.05, 0.1) is 4.34 Å². The van der Waals surface area contributed by atoms with Gasteiger partial charge in [-0.1, -0.05) is 11.6 Å². The van der Waals surface area contributed by atoms with Crippen molar-refractivity contribution in [2.45, 2.75) is 36.4 Å². The predicted molar refractivity (Wildman–Crippen MR) is 73.2 cm³/mol. The molecule has 8 heteroatoms. The van der Waals surface area contributed by atoms with Gasteiger partial charge in [0.2, 0.25) is 0 Å². The fourth-order valence-corrected chi connectivity index (χ4v) is 4.99. The van der Waals surface area contributed by atoms with Gasteiger partial charge in [-0.25, -0.2) is 8.42 Å². The second-order valence-corrected chi connectivity index (χ2v) is 8.47. The molecule has 0 aliphatic heterocycles. The quantitative estimate of drug-likeness (QED) is 0.870. The number of sulfonamides is 1. The number of carboxylic acid groups (broad SMARTS) is 1. The van der Waals surface area contributed by atoms with Crippen LogP contribution in [0.5, 0.6) is 0 Å². The van der Waals surface area contributed by atoms with Crippen molar-refractivity contribution in [3.63, 3.8) is 0 Å². The summed E-state index contributed by atoms with van der Waals surface area (Å²) in [6.45, 7) is 3.11. The Kier molecular flexibility index (Phi) is 3.68. The van der Waals surface area contributed by atoms with E-state index in [1.807, 2.05) is 0 Å². The summed E-state index contributed by atoms with van der Waals surface area (Å²) in [4.78, 5) is 11.3. The smallest absolute Gasteiger partial charge is 0.324 e. The number of thiophene rings is 1. The van der Waals surface area contributed by atoms with Gasteiger partial charge < -0.3 is 5.11 Å². The topological polar surface area (TPSA) is 83.5 Å². The molecule has 0 radical (unpaired) electrons. The summed E-state index contributed by atoms with van der Waals surface area (Å²) in [5, 5.41) is 9.26. The molecular formula is C11H14ClNO4S2. The summed E-state index contributed by atoms with van der Waals surface area (Å²) in [7, 11) is -3.87. The lowest BCUT2D eigenvalue weighted by Crippen LogP contribution is -2.53. The van der Waals surface area contributed by atoms with Crippen LogP contribution in [0.1, 0.15) is 25.3 Å². The molecule has 0 amide bonds. The summed E-state index contributed by atoms with van der Waals surface area (Å²) in [6.07, 6.45) is 1.44. The minimum Gasteiger partial charge on any atom is -0.480 e. The van der Waals surface area contributed by atoms with Crippen molar-refractivity contribution in [2.24, 2.45) is 5.92 Å². The number of hydrogen-bond acceptors (Lipinski definition) is 4. The van der Waals surface area contributed by atoms with Crippen molar-refractivity contribution < 1.29 is 18.3 Å². The van der Waals surface area contributed by atoms with Gasteiger partial charge in [-0.05, 0) is 44.2 Å². The number of aryl methyl sites for hydroxylation is 1. The van der Waals surface area contributed by atoms with Crippen LogP contribution in [0.25, 0.3) is 0 Å². The van der Waals surface area contributed by atoms with Crippen molar-refractivity contribution in [1.82, 2.24) is 4.72 Å². The Morgan fingerprint density at radius 3 is 2.53 bits per heavy atom. The SMILES string of the molecule is Cc1cc(S(=O)(=O)NC(C)(C(=O)O)C2CC2)sc1Cl. The Morgan fingerprint density at radius 2 is 2.16 bits per heavy atom. The van der Waals surface area contributed by atoms with Crippen LogP contribution in [0, 0.1) is 12.8 Å². The van der Waals surface area contributed by atoms with Gasteiger partial charge in [-0.3, -0.25) is 4.79 Å². The van der Waals surface area contributed by atoms with Gasteiger partial charge in [0.25, 0.3) is 10.0 Å². The third-order valence-corrected chi connectivity index (χ3v) is 6.88. The van der Waals surface area contributed by atoms with Crippen molar-refractivity contribution in [2.75, 3.05) is 0 Å². The number of carbonyl (C=O) groups is 1. The van der Waals surface area contributed by atoms with E-state index in [1.165, 1.54) is 13.0 Å². The van der Waals surface area contributed by atoms with Crippen molar-refractivity contribution in [3.05, 3.63) is 16.0 Å². The van der Waals surface area contributed by atoms with Crippen molar-refractivity contribution in [3.8, 4) is 0 Å². The van der Waals surface area contributed by atoms with E-state index in [2.05, 4.69) is 4.72 Å². The highest BCUT2D eigenvalue weighted by Gasteiger charge is 2.50. The molecule has 1 aliphatic rings. The second-order valence-electron chi connectivity index (χ2n) is 4.91. The Labute approximate surface area is 120 Å². The fourth-order valence-electron chi connectivity index (χ4n) is 1.86. The van der Waals surface area contributed by atoms with E-state index < -0.39 is 21.5 Å². The maximum Gasteiger partial charge on any atom is 0.324 e. The molecule has 1 aromatic heterocycles. The van der Waals surface area contributed by atoms with Gasteiger partial charge >= 0.3 is 5.97 Å². The van der Waals surface area contributed by atoms with E-state index in [-0.39, 0.29) is 10.1 Å². The minimum atomic E-state index is -3.87. The molecule has 1 atom stereocenters. The number of nitrogens with one attached hydrogen (secondary N) is 1. The molecule has 1 heterocycles. The molecule has 1 aromatic rings. The molecule has 0 bridgehead atoms. The third-order valence-electron chi connectivity index (χ3n) is 3.28. The standard InChI is InChI=1S/C11H14ClNO4S2/c1-6-5-8(18-9(6)12)19(16,17)13-11(2,10(14)15)7-3-4-7/h5,7,13H,3-4H2,1-2H3,(H,14,15). The fraction of sp³-hybridized carbons (Fsp3) is 0.545. The highest BCUT2D eigenvalue weighted by Crippen LogP contribution is 2.41. The molecule has 1 saturated carbocycles. The lowest BCUT2D eigenvalue weighted by Gasteiger charge is -2.25. The Hall–Kier alpha value is -0.630. The molecule has 2 rings (SSSR count). The van der Waals surface area contributed by atoms with Crippen molar-refractivity contribution >= 4 is 38.9 Å². The molecule has 1 fully saturated rings. The average molecular weight is 324 g/mol. The van der Waals surface area contributed by atoms with Gasteiger partial charge in [0.15, 0.2) is 0 Å².